The molecule has 0 unspecified atom stereocenters. The second-order valence-corrected chi connectivity index (χ2v) is 5.49. The fourth-order valence-electron chi connectivity index (χ4n) is 2.45. The first-order valence-electron chi connectivity index (χ1n) is 6.93. The van der Waals surface area contributed by atoms with E-state index >= 15 is 0 Å². The SMILES string of the molecule is Cc1cc2c(nc(-c3ccco3)n3nc(C(C)C)nc23)[nH]1. The van der Waals surface area contributed by atoms with Gasteiger partial charge in [0.1, 0.15) is 5.65 Å². The zero-order valence-corrected chi connectivity index (χ0v) is 12.1. The molecule has 0 aliphatic rings. The Morgan fingerprint density at radius 3 is 2.86 bits per heavy atom. The highest BCUT2D eigenvalue weighted by atomic mass is 16.3. The van der Waals surface area contributed by atoms with Crippen molar-refractivity contribution in [2.75, 3.05) is 0 Å². The summed E-state index contributed by atoms with van der Waals surface area (Å²) in [5.41, 5.74) is 2.65. The van der Waals surface area contributed by atoms with E-state index in [0.29, 0.717) is 11.6 Å². The highest BCUT2D eigenvalue weighted by molar-refractivity contribution is 5.91. The first-order valence-corrected chi connectivity index (χ1v) is 6.93. The Morgan fingerprint density at radius 1 is 1.29 bits per heavy atom. The van der Waals surface area contributed by atoms with Crippen LogP contribution < -0.4 is 0 Å². The van der Waals surface area contributed by atoms with Gasteiger partial charge in [0.05, 0.1) is 11.6 Å². The molecule has 0 aliphatic carbocycles. The molecule has 0 saturated heterocycles. The topological polar surface area (TPSA) is 72.0 Å². The number of aromatic nitrogens is 5. The minimum Gasteiger partial charge on any atom is -0.461 e. The number of fused-ring (bicyclic) bond motifs is 3. The molecule has 0 aliphatic heterocycles. The second kappa shape index (κ2) is 4.18. The van der Waals surface area contributed by atoms with Gasteiger partial charge in [-0.2, -0.15) is 4.52 Å². The molecule has 0 amide bonds. The number of rotatable bonds is 2. The van der Waals surface area contributed by atoms with Gasteiger partial charge in [-0.15, -0.1) is 5.10 Å². The number of aryl methyl sites for hydroxylation is 1. The molecule has 4 aromatic heterocycles. The van der Waals surface area contributed by atoms with E-state index in [1.54, 1.807) is 10.8 Å². The summed E-state index contributed by atoms with van der Waals surface area (Å²) >= 11 is 0. The maximum atomic E-state index is 5.49. The van der Waals surface area contributed by atoms with Gasteiger partial charge in [0.2, 0.25) is 5.82 Å². The molecule has 1 N–H and O–H groups in total. The quantitative estimate of drug-likeness (QED) is 0.612. The molecule has 0 atom stereocenters. The Balaban J connectivity index is 2.15. The first kappa shape index (κ1) is 12.1. The van der Waals surface area contributed by atoms with Gasteiger partial charge >= 0.3 is 0 Å². The van der Waals surface area contributed by atoms with E-state index in [9.17, 15) is 0 Å². The van der Waals surface area contributed by atoms with Gasteiger partial charge in [-0.25, -0.2) is 9.97 Å². The number of H-pyrrole nitrogens is 1. The first-order chi connectivity index (χ1) is 10.1. The molecule has 0 aromatic carbocycles. The molecule has 4 heterocycles. The summed E-state index contributed by atoms with van der Waals surface area (Å²) in [6.45, 7) is 6.16. The lowest BCUT2D eigenvalue weighted by Gasteiger charge is -2.01. The Kier molecular flexibility index (Phi) is 2.42. The number of hydrogen-bond donors (Lipinski definition) is 1. The van der Waals surface area contributed by atoms with Crippen LogP contribution in [0.1, 0.15) is 31.3 Å². The van der Waals surface area contributed by atoms with E-state index in [1.807, 2.05) is 25.1 Å². The minimum atomic E-state index is 0.254. The van der Waals surface area contributed by atoms with E-state index in [2.05, 4.69) is 33.9 Å². The molecule has 0 spiro atoms. The van der Waals surface area contributed by atoms with Crippen molar-refractivity contribution in [2.24, 2.45) is 0 Å². The molecular formula is C15H15N5O. The third-order valence-electron chi connectivity index (χ3n) is 3.47. The predicted molar refractivity (Wildman–Crippen MR) is 79.2 cm³/mol. The molecular weight excluding hydrogens is 266 g/mol. The molecule has 0 fully saturated rings. The normalized spacial score (nSPS) is 12.0. The monoisotopic (exact) mass is 281 g/mol. The Bertz CT molecular complexity index is 930. The lowest BCUT2D eigenvalue weighted by Crippen LogP contribution is -1.98. The van der Waals surface area contributed by atoms with Crippen molar-refractivity contribution < 1.29 is 4.42 Å². The number of aromatic amines is 1. The van der Waals surface area contributed by atoms with Crippen LogP contribution >= 0.6 is 0 Å². The van der Waals surface area contributed by atoms with Crippen LogP contribution in [0.5, 0.6) is 0 Å². The smallest absolute Gasteiger partial charge is 0.200 e. The lowest BCUT2D eigenvalue weighted by atomic mass is 10.2. The van der Waals surface area contributed by atoms with E-state index in [-0.39, 0.29) is 5.92 Å². The van der Waals surface area contributed by atoms with Gasteiger partial charge in [0, 0.05) is 11.6 Å². The van der Waals surface area contributed by atoms with Crippen molar-refractivity contribution in [1.82, 2.24) is 24.6 Å². The van der Waals surface area contributed by atoms with Crippen molar-refractivity contribution in [1.29, 1.82) is 0 Å². The summed E-state index contributed by atoms with van der Waals surface area (Å²) in [6.07, 6.45) is 1.63. The second-order valence-electron chi connectivity index (χ2n) is 5.49. The van der Waals surface area contributed by atoms with E-state index in [0.717, 1.165) is 28.2 Å². The Labute approximate surface area is 120 Å². The van der Waals surface area contributed by atoms with Crippen LogP contribution in [0.3, 0.4) is 0 Å². The predicted octanol–water partition coefficient (Wildman–Crippen LogP) is 3.30. The average Bonchev–Trinajstić information content (AvgIpc) is 3.15. The Hall–Kier alpha value is -2.63. The summed E-state index contributed by atoms with van der Waals surface area (Å²) in [4.78, 5) is 12.6. The van der Waals surface area contributed by atoms with Crippen molar-refractivity contribution >= 4 is 16.7 Å². The molecule has 106 valence electrons. The van der Waals surface area contributed by atoms with Crippen LogP contribution in [0.25, 0.3) is 28.3 Å². The minimum absolute atomic E-state index is 0.254. The highest BCUT2D eigenvalue weighted by Gasteiger charge is 2.18. The van der Waals surface area contributed by atoms with Crippen LogP contribution in [-0.2, 0) is 0 Å². The van der Waals surface area contributed by atoms with E-state index < -0.39 is 0 Å². The van der Waals surface area contributed by atoms with Gasteiger partial charge in [-0.05, 0) is 25.1 Å². The van der Waals surface area contributed by atoms with Crippen molar-refractivity contribution in [3.63, 3.8) is 0 Å². The van der Waals surface area contributed by atoms with Gasteiger partial charge in [-0.3, -0.25) is 0 Å². The zero-order chi connectivity index (χ0) is 14.6. The molecule has 0 bridgehead atoms. The van der Waals surface area contributed by atoms with Crippen LogP contribution in [0.4, 0.5) is 0 Å². The van der Waals surface area contributed by atoms with E-state index in [1.165, 1.54) is 0 Å². The number of nitrogens with zero attached hydrogens (tertiary/aromatic N) is 4. The van der Waals surface area contributed by atoms with Gasteiger partial charge in [0.15, 0.2) is 17.2 Å². The summed E-state index contributed by atoms with van der Waals surface area (Å²) in [6, 6.07) is 5.76. The van der Waals surface area contributed by atoms with Crippen LogP contribution in [0.2, 0.25) is 0 Å². The average molecular weight is 281 g/mol. The third kappa shape index (κ3) is 1.75. The number of hydrogen-bond acceptors (Lipinski definition) is 4. The summed E-state index contributed by atoms with van der Waals surface area (Å²) < 4.78 is 7.26. The summed E-state index contributed by atoms with van der Waals surface area (Å²) in [5.74, 6) is 2.39. The van der Waals surface area contributed by atoms with Crippen molar-refractivity contribution in [3.05, 3.63) is 36.0 Å². The molecule has 6 heteroatoms. The van der Waals surface area contributed by atoms with Gasteiger partial charge in [-0.1, -0.05) is 13.8 Å². The highest BCUT2D eigenvalue weighted by Crippen LogP contribution is 2.26. The zero-order valence-electron chi connectivity index (χ0n) is 12.1. The summed E-state index contributed by atoms with van der Waals surface area (Å²) in [7, 11) is 0. The molecule has 4 rings (SSSR count). The lowest BCUT2D eigenvalue weighted by molar-refractivity contribution is 0.574. The van der Waals surface area contributed by atoms with Gasteiger partial charge in [0.25, 0.3) is 0 Å². The largest absolute Gasteiger partial charge is 0.461 e. The maximum absolute atomic E-state index is 5.49. The Morgan fingerprint density at radius 2 is 2.14 bits per heavy atom. The summed E-state index contributed by atoms with van der Waals surface area (Å²) in [5, 5.41) is 5.57. The fourth-order valence-corrected chi connectivity index (χ4v) is 2.45. The van der Waals surface area contributed by atoms with E-state index in [4.69, 9.17) is 4.42 Å². The number of nitrogens with one attached hydrogen (secondary N) is 1. The molecule has 21 heavy (non-hydrogen) atoms. The van der Waals surface area contributed by atoms with Gasteiger partial charge < -0.3 is 9.40 Å². The number of furan rings is 1. The molecule has 6 nitrogen and oxygen atoms in total. The van der Waals surface area contributed by atoms with Crippen molar-refractivity contribution in [3.8, 4) is 11.6 Å². The molecule has 4 aromatic rings. The van der Waals surface area contributed by atoms with Crippen LogP contribution in [0.15, 0.2) is 28.9 Å². The van der Waals surface area contributed by atoms with Crippen LogP contribution in [-0.4, -0.2) is 24.6 Å². The maximum Gasteiger partial charge on any atom is 0.200 e. The molecule has 0 saturated carbocycles. The standard InChI is InChI=1S/C15H15N5O/c1-8(2)12-17-14-10-7-9(3)16-13(10)18-15(20(14)19-12)11-5-4-6-21-11/h4-8,16H,1-3H3. The fraction of sp³-hybridized carbons (Fsp3) is 0.267. The molecule has 0 radical (unpaired) electrons. The van der Waals surface area contributed by atoms with Crippen LogP contribution in [0, 0.1) is 6.92 Å². The van der Waals surface area contributed by atoms with Crippen molar-refractivity contribution in [2.45, 2.75) is 26.7 Å². The third-order valence-corrected chi connectivity index (χ3v) is 3.47.